The van der Waals surface area contributed by atoms with E-state index in [0.717, 1.165) is 6.08 Å². The summed E-state index contributed by atoms with van der Waals surface area (Å²) in [6.45, 7) is 0. The van der Waals surface area contributed by atoms with Crippen molar-refractivity contribution in [3.8, 4) is 11.5 Å². The molecule has 7 heteroatoms. The van der Waals surface area contributed by atoms with Crippen LogP contribution >= 0.6 is 0 Å². The van der Waals surface area contributed by atoms with E-state index in [2.05, 4.69) is 4.98 Å². The quantitative estimate of drug-likeness (QED) is 0.737. The predicted octanol–water partition coefficient (Wildman–Crippen LogP) is 1.68. The number of methoxy groups -OCH3 is 1. The van der Waals surface area contributed by atoms with Gasteiger partial charge in [-0.25, -0.2) is 4.79 Å². The lowest BCUT2D eigenvalue weighted by molar-refractivity contribution is -0.131. The number of phenols is 1. The van der Waals surface area contributed by atoms with Gasteiger partial charge in [-0.2, -0.15) is 0 Å². The Hall–Kier alpha value is -3.35. The lowest BCUT2D eigenvalue weighted by Crippen LogP contribution is -2.10. The first-order chi connectivity index (χ1) is 10.9. The number of carboxylic acids is 1. The monoisotopic (exact) mass is 316 g/mol. The molecular weight excluding hydrogens is 300 g/mol. The van der Waals surface area contributed by atoms with Crippen molar-refractivity contribution < 1.29 is 24.5 Å². The van der Waals surface area contributed by atoms with Crippen molar-refractivity contribution in [2.24, 2.45) is 5.73 Å². The maximum atomic E-state index is 10.4. The standard InChI is InChI=1S/C10H10O4.C6H6N2O/c1-14-9-6-7(2-4-8(9)11)3-5-10(12)13;7-6(9)5-2-1-3-8-4-5/h2-6,11H,1H3,(H,12,13);1-4H,(H2,7,9). The highest BCUT2D eigenvalue weighted by Crippen LogP contribution is 2.26. The average Bonchev–Trinajstić information content (AvgIpc) is 2.55. The number of pyridine rings is 1. The highest BCUT2D eigenvalue weighted by Gasteiger charge is 2.00. The van der Waals surface area contributed by atoms with Gasteiger partial charge in [0.05, 0.1) is 12.7 Å². The summed E-state index contributed by atoms with van der Waals surface area (Å²) < 4.78 is 4.86. The Morgan fingerprint density at radius 3 is 2.52 bits per heavy atom. The molecule has 120 valence electrons. The van der Waals surface area contributed by atoms with Gasteiger partial charge in [0.25, 0.3) is 0 Å². The molecule has 1 aromatic heterocycles. The van der Waals surface area contributed by atoms with Gasteiger partial charge in [0.1, 0.15) is 0 Å². The molecule has 0 saturated carbocycles. The van der Waals surface area contributed by atoms with Crippen LogP contribution in [-0.2, 0) is 4.79 Å². The number of nitrogens with two attached hydrogens (primary N) is 1. The second kappa shape index (κ2) is 8.83. The van der Waals surface area contributed by atoms with Crippen LogP contribution in [0.15, 0.2) is 48.8 Å². The molecule has 0 saturated heterocycles. The molecule has 23 heavy (non-hydrogen) atoms. The van der Waals surface area contributed by atoms with Crippen LogP contribution in [0.5, 0.6) is 11.5 Å². The third kappa shape index (κ3) is 6.30. The fourth-order valence-corrected chi connectivity index (χ4v) is 1.47. The Balaban J connectivity index is 0.000000253. The minimum absolute atomic E-state index is 0.0278. The number of rotatable bonds is 4. The van der Waals surface area contributed by atoms with E-state index in [1.165, 1.54) is 25.4 Å². The van der Waals surface area contributed by atoms with Gasteiger partial charge in [0, 0.05) is 18.5 Å². The molecule has 0 aliphatic heterocycles. The van der Waals surface area contributed by atoms with Crippen LogP contribution in [0.2, 0.25) is 0 Å². The van der Waals surface area contributed by atoms with E-state index in [0.29, 0.717) is 16.9 Å². The number of nitrogens with zero attached hydrogens (tertiary/aromatic N) is 1. The normalized spacial score (nSPS) is 9.78. The molecule has 0 atom stereocenters. The van der Waals surface area contributed by atoms with Crippen LogP contribution in [0, 0.1) is 0 Å². The molecule has 1 aromatic carbocycles. The third-order valence-electron chi connectivity index (χ3n) is 2.57. The molecule has 2 rings (SSSR count). The summed E-state index contributed by atoms with van der Waals surface area (Å²) in [5.74, 6) is -1.11. The number of carbonyl (C=O) groups excluding carboxylic acids is 1. The van der Waals surface area contributed by atoms with Crippen molar-refractivity contribution in [2.75, 3.05) is 7.11 Å². The van der Waals surface area contributed by atoms with E-state index in [1.807, 2.05) is 0 Å². The zero-order valence-corrected chi connectivity index (χ0v) is 12.3. The molecule has 1 heterocycles. The summed E-state index contributed by atoms with van der Waals surface area (Å²) in [6, 6.07) is 7.88. The minimum Gasteiger partial charge on any atom is -0.504 e. The number of benzene rings is 1. The number of aromatic hydroxyl groups is 1. The number of phenolic OH excluding ortho intramolecular Hbond substituents is 1. The van der Waals surface area contributed by atoms with Crippen LogP contribution in [0.1, 0.15) is 15.9 Å². The van der Waals surface area contributed by atoms with Gasteiger partial charge in [-0.05, 0) is 35.9 Å². The maximum Gasteiger partial charge on any atom is 0.328 e. The molecule has 0 fully saturated rings. The molecular formula is C16H16N2O5. The van der Waals surface area contributed by atoms with Gasteiger partial charge in [0.15, 0.2) is 11.5 Å². The van der Waals surface area contributed by atoms with Gasteiger partial charge in [0.2, 0.25) is 5.91 Å². The van der Waals surface area contributed by atoms with Crippen molar-refractivity contribution in [1.82, 2.24) is 4.98 Å². The Bertz CT molecular complexity index is 699. The molecule has 2 aromatic rings. The summed E-state index contributed by atoms with van der Waals surface area (Å²) in [7, 11) is 1.43. The zero-order valence-electron chi connectivity index (χ0n) is 12.3. The molecule has 0 unspecified atom stereocenters. The second-order valence-electron chi connectivity index (χ2n) is 4.21. The van der Waals surface area contributed by atoms with Crippen molar-refractivity contribution in [2.45, 2.75) is 0 Å². The Labute approximate surface area is 132 Å². The first-order valence-electron chi connectivity index (χ1n) is 6.42. The van der Waals surface area contributed by atoms with E-state index in [1.54, 1.807) is 30.5 Å². The highest BCUT2D eigenvalue weighted by atomic mass is 16.5. The molecule has 7 nitrogen and oxygen atoms in total. The van der Waals surface area contributed by atoms with Crippen molar-refractivity contribution in [3.05, 3.63) is 59.9 Å². The Morgan fingerprint density at radius 1 is 1.30 bits per heavy atom. The average molecular weight is 316 g/mol. The van der Waals surface area contributed by atoms with Crippen molar-refractivity contribution in [1.29, 1.82) is 0 Å². The summed E-state index contributed by atoms with van der Waals surface area (Å²) in [4.78, 5) is 24.3. The molecule has 0 radical (unpaired) electrons. The lowest BCUT2D eigenvalue weighted by atomic mass is 10.2. The van der Waals surface area contributed by atoms with Gasteiger partial charge in [-0.3, -0.25) is 9.78 Å². The Kier molecular flexibility index (Phi) is 6.80. The summed E-state index contributed by atoms with van der Waals surface area (Å²) in [5, 5.41) is 17.6. The van der Waals surface area contributed by atoms with Crippen LogP contribution < -0.4 is 10.5 Å². The number of aliphatic carboxylic acids is 1. The van der Waals surface area contributed by atoms with E-state index >= 15 is 0 Å². The second-order valence-corrected chi connectivity index (χ2v) is 4.21. The fourth-order valence-electron chi connectivity index (χ4n) is 1.47. The third-order valence-corrected chi connectivity index (χ3v) is 2.57. The van der Waals surface area contributed by atoms with Crippen LogP contribution in [0.4, 0.5) is 0 Å². The van der Waals surface area contributed by atoms with E-state index in [4.69, 9.17) is 15.6 Å². The number of carboxylic acid groups (broad SMARTS) is 1. The predicted molar refractivity (Wildman–Crippen MR) is 84.1 cm³/mol. The SMILES string of the molecule is COc1cc(C=CC(=O)O)ccc1O.NC(=O)c1cccnc1. The molecule has 0 spiro atoms. The first-order valence-corrected chi connectivity index (χ1v) is 6.42. The topological polar surface area (TPSA) is 123 Å². The van der Waals surface area contributed by atoms with Gasteiger partial charge in [-0.1, -0.05) is 6.07 Å². The maximum absolute atomic E-state index is 10.4. The van der Waals surface area contributed by atoms with E-state index < -0.39 is 11.9 Å². The van der Waals surface area contributed by atoms with Crippen LogP contribution in [-0.4, -0.2) is 34.2 Å². The minimum atomic E-state index is -1.02. The number of carbonyl (C=O) groups is 2. The zero-order chi connectivity index (χ0) is 17.2. The largest absolute Gasteiger partial charge is 0.504 e. The highest BCUT2D eigenvalue weighted by molar-refractivity contribution is 5.92. The summed E-state index contributed by atoms with van der Waals surface area (Å²) in [5.41, 5.74) is 6.03. The molecule has 0 aliphatic carbocycles. The smallest absolute Gasteiger partial charge is 0.328 e. The molecule has 0 aliphatic rings. The van der Waals surface area contributed by atoms with Gasteiger partial charge in [-0.15, -0.1) is 0 Å². The number of amides is 1. The van der Waals surface area contributed by atoms with Crippen LogP contribution in [0.3, 0.4) is 0 Å². The van der Waals surface area contributed by atoms with E-state index in [9.17, 15) is 14.7 Å². The molecule has 4 N–H and O–H groups in total. The summed E-state index contributed by atoms with van der Waals surface area (Å²) in [6.07, 6.45) is 5.46. The molecule has 0 bridgehead atoms. The van der Waals surface area contributed by atoms with Crippen molar-refractivity contribution in [3.63, 3.8) is 0 Å². The number of ether oxygens (including phenoxy) is 1. The Morgan fingerprint density at radius 2 is 2.04 bits per heavy atom. The number of hydrogen-bond donors (Lipinski definition) is 3. The number of aromatic nitrogens is 1. The van der Waals surface area contributed by atoms with Crippen molar-refractivity contribution >= 4 is 18.0 Å². The lowest BCUT2D eigenvalue weighted by Gasteiger charge is -2.03. The number of hydrogen-bond acceptors (Lipinski definition) is 5. The first kappa shape index (κ1) is 17.7. The summed E-state index contributed by atoms with van der Waals surface area (Å²) >= 11 is 0. The van der Waals surface area contributed by atoms with Crippen LogP contribution in [0.25, 0.3) is 6.08 Å². The number of primary amides is 1. The molecule has 1 amide bonds. The van der Waals surface area contributed by atoms with Gasteiger partial charge < -0.3 is 20.7 Å². The fraction of sp³-hybridized carbons (Fsp3) is 0.0625. The van der Waals surface area contributed by atoms with E-state index in [-0.39, 0.29) is 5.75 Å². The van der Waals surface area contributed by atoms with Gasteiger partial charge >= 0.3 is 5.97 Å².